The first-order chi connectivity index (χ1) is 15.5. The van der Waals surface area contributed by atoms with Crippen molar-refractivity contribution in [2.24, 2.45) is 0 Å². The number of hydrogen-bond donors (Lipinski definition) is 1. The van der Waals surface area contributed by atoms with E-state index in [1.54, 1.807) is 0 Å². The zero-order valence-electron chi connectivity index (χ0n) is 18.3. The van der Waals surface area contributed by atoms with Gasteiger partial charge in [0.2, 0.25) is 0 Å². The molecule has 2 aliphatic heterocycles. The number of aryl methyl sites for hydroxylation is 1. The standard InChI is InChI=1S/C23H27ClN6O2/c1-14-10-18(28-27-14)16-11-19-20(12-17(16)24)26-22(13-25-19)30-7-5-15(6-8-30)29(2)23(31)21-4-3-9-32-21/h10-13,15,21H,3-9H2,1-2H3,(H,27,28)/t21-/m1/s1. The highest BCUT2D eigenvalue weighted by atomic mass is 35.5. The summed E-state index contributed by atoms with van der Waals surface area (Å²) in [5.41, 5.74) is 4.15. The van der Waals surface area contributed by atoms with Gasteiger partial charge >= 0.3 is 0 Å². The monoisotopic (exact) mass is 454 g/mol. The molecule has 5 rings (SSSR count). The highest BCUT2D eigenvalue weighted by Crippen LogP contribution is 2.31. The lowest BCUT2D eigenvalue weighted by molar-refractivity contribution is -0.142. The normalized spacial score (nSPS) is 19.6. The molecule has 0 radical (unpaired) electrons. The lowest BCUT2D eigenvalue weighted by Gasteiger charge is -2.37. The van der Waals surface area contributed by atoms with Crippen molar-refractivity contribution < 1.29 is 9.53 Å². The number of anilines is 1. The number of rotatable bonds is 4. The first kappa shape index (κ1) is 21.2. The second-order valence-electron chi connectivity index (χ2n) is 8.65. The van der Waals surface area contributed by atoms with Gasteiger partial charge in [0.15, 0.2) is 0 Å². The third-order valence-corrected chi connectivity index (χ3v) is 6.80. The van der Waals surface area contributed by atoms with E-state index in [1.807, 2.05) is 43.3 Å². The maximum absolute atomic E-state index is 12.7. The lowest BCUT2D eigenvalue weighted by atomic mass is 10.0. The number of hydrogen-bond acceptors (Lipinski definition) is 6. The van der Waals surface area contributed by atoms with Gasteiger partial charge in [-0.25, -0.2) is 4.98 Å². The van der Waals surface area contributed by atoms with Gasteiger partial charge in [-0.05, 0) is 50.8 Å². The minimum absolute atomic E-state index is 0.115. The molecular formula is C23H27ClN6O2. The molecule has 0 aliphatic carbocycles. The van der Waals surface area contributed by atoms with E-state index in [4.69, 9.17) is 21.3 Å². The summed E-state index contributed by atoms with van der Waals surface area (Å²) >= 11 is 6.54. The molecule has 1 N–H and O–H groups in total. The molecule has 1 amide bonds. The predicted molar refractivity (Wildman–Crippen MR) is 124 cm³/mol. The number of ether oxygens (including phenoxy) is 1. The van der Waals surface area contributed by atoms with Gasteiger partial charge < -0.3 is 14.5 Å². The quantitative estimate of drug-likeness (QED) is 0.648. The Morgan fingerprint density at radius 2 is 2.03 bits per heavy atom. The van der Waals surface area contributed by atoms with Crippen LogP contribution in [0.5, 0.6) is 0 Å². The summed E-state index contributed by atoms with van der Waals surface area (Å²) in [6.07, 6.45) is 5.15. The van der Waals surface area contributed by atoms with Crippen molar-refractivity contribution in [3.63, 3.8) is 0 Å². The number of benzene rings is 1. The van der Waals surface area contributed by atoms with Crippen LogP contribution in [0.25, 0.3) is 22.3 Å². The molecule has 2 aliphatic rings. The van der Waals surface area contributed by atoms with Crippen molar-refractivity contribution in [2.75, 3.05) is 31.6 Å². The summed E-state index contributed by atoms with van der Waals surface area (Å²) in [6, 6.07) is 5.97. The summed E-state index contributed by atoms with van der Waals surface area (Å²) in [5, 5.41) is 7.85. The van der Waals surface area contributed by atoms with Gasteiger partial charge in [-0.2, -0.15) is 5.10 Å². The highest BCUT2D eigenvalue weighted by Gasteiger charge is 2.32. The minimum Gasteiger partial charge on any atom is -0.368 e. The smallest absolute Gasteiger partial charge is 0.251 e. The first-order valence-electron chi connectivity index (χ1n) is 11.1. The Bertz CT molecular complexity index is 1130. The Balaban J connectivity index is 1.29. The van der Waals surface area contributed by atoms with Crippen LogP contribution in [0.1, 0.15) is 31.4 Å². The van der Waals surface area contributed by atoms with Gasteiger partial charge in [-0.3, -0.25) is 14.9 Å². The second kappa shape index (κ2) is 8.67. The molecule has 2 saturated heterocycles. The molecule has 0 unspecified atom stereocenters. The van der Waals surface area contributed by atoms with Crippen LogP contribution in [-0.4, -0.2) is 69.9 Å². The fourth-order valence-corrected chi connectivity index (χ4v) is 4.84. The van der Waals surface area contributed by atoms with Crippen molar-refractivity contribution in [2.45, 2.75) is 44.8 Å². The summed E-state index contributed by atoms with van der Waals surface area (Å²) in [6.45, 7) is 4.30. The van der Waals surface area contributed by atoms with E-state index >= 15 is 0 Å². The molecule has 0 saturated carbocycles. The van der Waals surface area contributed by atoms with Crippen LogP contribution in [0.2, 0.25) is 5.02 Å². The van der Waals surface area contributed by atoms with E-state index in [2.05, 4.69) is 20.1 Å². The number of nitrogens with one attached hydrogen (secondary N) is 1. The SMILES string of the molecule is Cc1cc(-c2cc3ncc(N4CCC(N(C)C(=O)[C@H]5CCCO5)CC4)nc3cc2Cl)n[nH]1. The molecule has 32 heavy (non-hydrogen) atoms. The zero-order chi connectivity index (χ0) is 22.2. The third-order valence-electron chi connectivity index (χ3n) is 6.49. The van der Waals surface area contributed by atoms with Gasteiger partial charge in [0.05, 0.1) is 27.9 Å². The number of piperidine rings is 1. The average Bonchev–Trinajstić information content (AvgIpc) is 3.49. The Morgan fingerprint density at radius 1 is 1.22 bits per heavy atom. The number of H-pyrrole nitrogens is 1. The third kappa shape index (κ3) is 4.04. The molecule has 1 atom stereocenters. The average molecular weight is 455 g/mol. The van der Waals surface area contributed by atoms with Crippen LogP contribution in [-0.2, 0) is 9.53 Å². The largest absolute Gasteiger partial charge is 0.368 e. The topological polar surface area (TPSA) is 87.2 Å². The van der Waals surface area contributed by atoms with Gasteiger partial charge in [0.25, 0.3) is 5.91 Å². The number of aromatic nitrogens is 4. The van der Waals surface area contributed by atoms with Crippen LogP contribution in [0, 0.1) is 6.92 Å². The van der Waals surface area contributed by atoms with Crippen molar-refractivity contribution in [1.29, 1.82) is 0 Å². The van der Waals surface area contributed by atoms with Gasteiger partial charge in [-0.15, -0.1) is 0 Å². The number of fused-ring (bicyclic) bond motifs is 1. The van der Waals surface area contributed by atoms with Crippen LogP contribution in [0.15, 0.2) is 24.4 Å². The number of likely N-dealkylation sites (N-methyl/N-ethyl adjacent to an activating group) is 1. The molecule has 0 spiro atoms. The minimum atomic E-state index is -0.260. The molecule has 0 bridgehead atoms. The van der Waals surface area contributed by atoms with E-state index in [9.17, 15) is 4.79 Å². The number of carbonyl (C=O) groups excluding carboxylic acids is 1. The van der Waals surface area contributed by atoms with Gasteiger partial charge in [-0.1, -0.05) is 11.6 Å². The number of amides is 1. The van der Waals surface area contributed by atoms with Gasteiger partial charge in [0.1, 0.15) is 11.9 Å². The Morgan fingerprint density at radius 3 is 2.72 bits per heavy atom. The van der Waals surface area contributed by atoms with Gasteiger partial charge in [0, 0.05) is 44.0 Å². The molecule has 3 aromatic rings. The summed E-state index contributed by atoms with van der Waals surface area (Å²) < 4.78 is 5.57. The summed E-state index contributed by atoms with van der Waals surface area (Å²) in [7, 11) is 1.90. The van der Waals surface area contributed by atoms with Crippen molar-refractivity contribution in [3.05, 3.63) is 35.1 Å². The number of halogens is 1. The Labute approximate surface area is 191 Å². The van der Waals surface area contributed by atoms with Crippen molar-refractivity contribution >= 4 is 34.4 Å². The zero-order valence-corrected chi connectivity index (χ0v) is 19.1. The lowest BCUT2D eigenvalue weighted by Crippen LogP contribution is -2.48. The Kier molecular flexibility index (Phi) is 5.73. The van der Waals surface area contributed by atoms with E-state index in [1.165, 1.54) is 0 Å². The summed E-state index contributed by atoms with van der Waals surface area (Å²) in [4.78, 5) is 26.2. The molecular weight excluding hydrogens is 428 g/mol. The van der Waals surface area contributed by atoms with E-state index in [0.29, 0.717) is 11.6 Å². The van der Waals surface area contributed by atoms with Crippen LogP contribution < -0.4 is 4.90 Å². The van der Waals surface area contributed by atoms with E-state index in [-0.39, 0.29) is 18.1 Å². The predicted octanol–water partition coefficient (Wildman–Crippen LogP) is 3.59. The van der Waals surface area contributed by atoms with E-state index in [0.717, 1.165) is 72.6 Å². The number of nitrogens with zero attached hydrogens (tertiary/aromatic N) is 5. The fraction of sp³-hybridized carbons (Fsp3) is 0.478. The molecule has 2 aromatic heterocycles. The fourth-order valence-electron chi connectivity index (χ4n) is 4.59. The molecule has 4 heterocycles. The Hall–Kier alpha value is -2.71. The highest BCUT2D eigenvalue weighted by molar-refractivity contribution is 6.34. The van der Waals surface area contributed by atoms with Crippen LogP contribution in [0.4, 0.5) is 5.82 Å². The molecule has 1 aromatic carbocycles. The maximum Gasteiger partial charge on any atom is 0.251 e. The first-order valence-corrected chi connectivity index (χ1v) is 11.5. The maximum atomic E-state index is 12.7. The van der Waals surface area contributed by atoms with Crippen molar-refractivity contribution in [1.82, 2.24) is 25.1 Å². The van der Waals surface area contributed by atoms with Crippen LogP contribution in [0.3, 0.4) is 0 Å². The molecule has 168 valence electrons. The van der Waals surface area contributed by atoms with Crippen LogP contribution >= 0.6 is 11.6 Å². The van der Waals surface area contributed by atoms with E-state index < -0.39 is 0 Å². The van der Waals surface area contributed by atoms with Crippen molar-refractivity contribution in [3.8, 4) is 11.3 Å². The molecule has 9 heteroatoms. The number of carbonyl (C=O) groups is 1. The second-order valence-corrected chi connectivity index (χ2v) is 9.06. The number of aromatic amines is 1. The summed E-state index contributed by atoms with van der Waals surface area (Å²) in [5.74, 6) is 0.951. The molecule has 8 nitrogen and oxygen atoms in total. The molecule has 2 fully saturated rings.